The first-order valence-corrected chi connectivity index (χ1v) is 13.7. The van der Waals surface area contributed by atoms with Crippen LogP contribution in [0.4, 0.5) is 5.69 Å². The van der Waals surface area contributed by atoms with E-state index in [4.69, 9.17) is 4.74 Å². The molecular weight excluding hydrogens is 514 g/mol. The minimum absolute atomic E-state index is 0.0286. The average molecular weight is 546 g/mol. The van der Waals surface area contributed by atoms with Crippen molar-refractivity contribution in [2.45, 2.75) is 26.3 Å². The van der Waals surface area contributed by atoms with Gasteiger partial charge in [0.1, 0.15) is 21.9 Å². The summed E-state index contributed by atoms with van der Waals surface area (Å²) in [5.74, 6) is -0.885. The molecule has 1 aliphatic heterocycles. The molecular formula is C29H31N5O4S. The Kier molecular flexibility index (Phi) is 9.31. The number of nitrogens with one attached hydrogen (secondary N) is 2. The number of hydrogen-bond acceptors (Lipinski definition) is 8. The summed E-state index contributed by atoms with van der Waals surface area (Å²) in [6, 6.07) is 13.1. The molecule has 0 radical (unpaired) electrons. The topological polar surface area (TPSA) is 116 Å². The molecule has 1 saturated heterocycles. The van der Waals surface area contributed by atoms with Gasteiger partial charge in [-0.05, 0) is 67.9 Å². The lowest BCUT2D eigenvalue weighted by molar-refractivity contribution is -0.135. The molecule has 1 amide bonds. The monoisotopic (exact) mass is 545 g/mol. The van der Waals surface area contributed by atoms with Crippen molar-refractivity contribution < 1.29 is 14.3 Å². The molecule has 9 nitrogen and oxygen atoms in total. The summed E-state index contributed by atoms with van der Waals surface area (Å²) in [6.07, 6.45) is 5.43. The van der Waals surface area contributed by atoms with Crippen LogP contribution in [0.3, 0.4) is 0 Å². The average Bonchev–Trinajstić information content (AvgIpc) is 3.58. The lowest BCUT2D eigenvalue weighted by Gasteiger charge is -2.14. The van der Waals surface area contributed by atoms with Gasteiger partial charge in [0.15, 0.2) is 5.57 Å². The van der Waals surface area contributed by atoms with Crippen molar-refractivity contribution in [1.82, 2.24) is 14.8 Å². The highest BCUT2D eigenvalue weighted by atomic mass is 32.1. The first-order valence-electron chi connectivity index (χ1n) is 12.9. The van der Waals surface area contributed by atoms with Crippen LogP contribution in [0.25, 0.3) is 22.5 Å². The maximum Gasteiger partial charge on any atom is 0.352 e. The number of rotatable bonds is 10. The van der Waals surface area contributed by atoms with Gasteiger partial charge in [-0.25, -0.2) is 4.79 Å². The number of benzene rings is 2. The number of fused-ring (bicyclic) bond motifs is 1. The largest absolute Gasteiger partial charge is 0.457 e. The van der Waals surface area contributed by atoms with Crippen molar-refractivity contribution in [2.24, 2.45) is 0 Å². The van der Waals surface area contributed by atoms with Crippen LogP contribution in [0.2, 0.25) is 0 Å². The van der Waals surface area contributed by atoms with Gasteiger partial charge in [-0.1, -0.05) is 24.8 Å². The molecule has 2 N–H and O–H groups in total. The summed E-state index contributed by atoms with van der Waals surface area (Å²) >= 11 is 1.05. The van der Waals surface area contributed by atoms with E-state index in [0.29, 0.717) is 23.2 Å². The second-order valence-corrected chi connectivity index (χ2v) is 10.1. The van der Waals surface area contributed by atoms with Crippen molar-refractivity contribution >= 4 is 51.4 Å². The number of thiazole rings is 1. The van der Waals surface area contributed by atoms with Crippen LogP contribution in [0.15, 0.2) is 53.8 Å². The number of nitrogens with zero attached hydrogens (tertiary/aromatic N) is 3. The van der Waals surface area contributed by atoms with E-state index < -0.39 is 5.97 Å². The van der Waals surface area contributed by atoms with Crippen LogP contribution in [-0.2, 0) is 16.1 Å². The van der Waals surface area contributed by atoms with Gasteiger partial charge in [0.25, 0.3) is 11.5 Å². The third kappa shape index (κ3) is 6.63. The molecule has 202 valence electrons. The Balaban J connectivity index is 1.52. The number of esters is 1. The Morgan fingerprint density at radius 3 is 2.64 bits per heavy atom. The summed E-state index contributed by atoms with van der Waals surface area (Å²) in [6.45, 7) is 9.23. The van der Waals surface area contributed by atoms with Crippen LogP contribution in [-0.4, -0.2) is 54.1 Å². The Bertz CT molecular complexity index is 1610. The van der Waals surface area contributed by atoms with Gasteiger partial charge in [0.2, 0.25) is 0 Å². The van der Waals surface area contributed by atoms with Crippen molar-refractivity contribution in [1.29, 1.82) is 5.26 Å². The Labute approximate surface area is 230 Å². The highest BCUT2D eigenvalue weighted by molar-refractivity contribution is 7.07. The standard InChI is InChI=1S/C29H31N5O4S/c1-3-15-38-29(37)24(18-30)28-34(4-2)27(36)25(39-28)19-32-23-10-9-20-16-22(8-7-21(20)17-23)26(35)31-11-14-33-12-5-6-13-33/h3,7-10,16-17,19,32H,1,4-6,11-15H2,2H3,(H,31,35)/b25-19+,28-24-. The number of anilines is 1. The van der Waals surface area contributed by atoms with E-state index >= 15 is 0 Å². The predicted octanol–water partition coefficient (Wildman–Crippen LogP) is 2.16. The molecule has 0 atom stereocenters. The van der Waals surface area contributed by atoms with Crippen LogP contribution in [0, 0.1) is 11.3 Å². The van der Waals surface area contributed by atoms with Crippen molar-refractivity contribution in [3.8, 4) is 6.07 Å². The number of hydrogen-bond donors (Lipinski definition) is 2. The molecule has 1 aromatic heterocycles. The van der Waals surface area contributed by atoms with E-state index in [2.05, 4.69) is 22.1 Å². The molecule has 1 aliphatic rings. The molecule has 0 spiro atoms. The van der Waals surface area contributed by atoms with Gasteiger partial charge in [-0.15, -0.1) is 11.3 Å². The molecule has 0 saturated carbocycles. The van der Waals surface area contributed by atoms with E-state index in [1.165, 1.54) is 23.5 Å². The summed E-state index contributed by atoms with van der Waals surface area (Å²) in [5.41, 5.74) is 0.827. The number of carbonyl (C=O) groups excluding carboxylic acids is 2. The first-order chi connectivity index (χ1) is 18.9. The summed E-state index contributed by atoms with van der Waals surface area (Å²) < 4.78 is 6.97. The number of aromatic nitrogens is 1. The Morgan fingerprint density at radius 1 is 1.18 bits per heavy atom. The molecule has 1 fully saturated rings. The Hall–Kier alpha value is -4.20. The predicted molar refractivity (Wildman–Crippen MR) is 154 cm³/mol. The number of likely N-dealkylation sites (tertiary alicyclic amines) is 1. The maximum atomic E-state index is 12.9. The van der Waals surface area contributed by atoms with Crippen molar-refractivity contribution in [2.75, 3.05) is 38.1 Å². The van der Waals surface area contributed by atoms with Gasteiger partial charge in [-0.2, -0.15) is 5.26 Å². The van der Waals surface area contributed by atoms with E-state index in [1.54, 1.807) is 19.2 Å². The summed E-state index contributed by atoms with van der Waals surface area (Å²) in [5, 5.41) is 17.5. The lowest BCUT2D eigenvalue weighted by Crippen LogP contribution is -2.33. The summed E-state index contributed by atoms with van der Waals surface area (Å²) in [4.78, 5) is 40.2. The van der Waals surface area contributed by atoms with Crippen LogP contribution < -0.4 is 25.4 Å². The minimum atomic E-state index is -0.797. The van der Waals surface area contributed by atoms with Crippen molar-refractivity contribution in [3.63, 3.8) is 0 Å². The quantitative estimate of drug-likeness (QED) is 0.296. The first kappa shape index (κ1) is 27.8. The fraction of sp³-hybridized carbons (Fsp3) is 0.310. The van der Waals surface area contributed by atoms with Crippen LogP contribution in [0.1, 0.15) is 30.1 Å². The summed E-state index contributed by atoms with van der Waals surface area (Å²) in [7, 11) is 0. The van der Waals surface area contributed by atoms with E-state index in [9.17, 15) is 19.6 Å². The highest BCUT2D eigenvalue weighted by Crippen LogP contribution is 2.21. The molecule has 4 rings (SSSR count). The highest BCUT2D eigenvalue weighted by Gasteiger charge is 2.16. The number of carbonyl (C=O) groups is 2. The molecule has 0 unspecified atom stereocenters. The lowest BCUT2D eigenvalue weighted by atomic mass is 10.1. The second-order valence-electron chi connectivity index (χ2n) is 9.06. The fourth-order valence-corrected chi connectivity index (χ4v) is 5.52. The third-order valence-corrected chi connectivity index (χ3v) is 7.60. The van der Waals surface area contributed by atoms with E-state index in [1.807, 2.05) is 36.4 Å². The third-order valence-electron chi connectivity index (χ3n) is 6.47. The van der Waals surface area contributed by atoms with Crippen LogP contribution >= 0.6 is 11.3 Å². The minimum Gasteiger partial charge on any atom is -0.457 e. The van der Waals surface area contributed by atoms with Crippen molar-refractivity contribution in [3.05, 3.63) is 74.2 Å². The van der Waals surface area contributed by atoms with Gasteiger partial charge in [-0.3, -0.25) is 14.2 Å². The zero-order chi connectivity index (χ0) is 27.8. The normalized spacial score (nSPS) is 14.6. The zero-order valence-corrected chi connectivity index (χ0v) is 22.7. The molecule has 2 aromatic carbocycles. The van der Waals surface area contributed by atoms with Crippen LogP contribution in [0.5, 0.6) is 0 Å². The molecule has 39 heavy (non-hydrogen) atoms. The van der Waals surface area contributed by atoms with Gasteiger partial charge >= 0.3 is 5.97 Å². The number of nitriles is 1. The molecule has 3 aromatic rings. The molecule has 10 heteroatoms. The zero-order valence-electron chi connectivity index (χ0n) is 21.9. The van der Waals surface area contributed by atoms with E-state index in [-0.39, 0.29) is 28.3 Å². The second kappa shape index (κ2) is 13.0. The maximum absolute atomic E-state index is 12.9. The Morgan fingerprint density at radius 2 is 1.92 bits per heavy atom. The van der Waals surface area contributed by atoms with Gasteiger partial charge < -0.3 is 20.3 Å². The van der Waals surface area contributed by atoms with Gasteiger partial charge in [0.05, 0.1) is 0 Å². The van der Waals surface area contributed by atoms with E-state index in [0.717, 1.165) is 47.4 Å². The molecule has 0 bridgehead atoms. The number of ether oxygens (including phenoxy) is 1. The fourth-order valence-electron chi connectivity index (χ4n) is 4.44. The smallest absolute Gasteiger partial charge is 0.352 e. The molecule has 2 heterocycles. The SMILES string of the molecule is C=CCOC(=O)/C(C#N)=c1\s/c(=C/Nc2ccc3cc(C(=O)NCCN4CCCC4)ccc3c2)c(=O)n1CC. The molecule has 0 aliphatic carbocycles. The number of amides is 1. The van der Waals surface area contributed by atoms with Gasteiger partial charge in [0, 0.05) is 37.1 Å².